The van der Waals surface area contributed by atoms with Crippen molar-refractivity contribution in [3.05, 3.63) is 29.7 Å². The van der Waals surface area contributed by atoms with Gasteiger partial charge in [0.05, 0.1) is 19.9 Å². The summed E-state index contributed by atoms with van der Waals surface area (Å²) in [5.41, 5.74) is 15.6. The molecule has 1 spiro atoms. The maximum absolute atomic E-state index is 8.29. The van der Waals surface area contributed by atoms with Crippen LogP contribution in [0.4, 0.5) is 11.8 Å². The van der Waals surface area contributed by atoms with Crippen LogP contribution < -0.4 is 16.2 Å². The number of rotatable bonds is 9. The van der Waals surface area contributed by atoms with Crippen LogP contribution in [-0.2, 0) is 6.54 Å². The first-order valence-electron chi connectivity index (χ1n) is 13.4. The average Bonchev–Trinajstić information content (AvgIpc) is 3.21. The second-order valence-corrected chi connectivity index (χ2v) is 10.8. The molecule has 0 radical (unpaired) electrons. The Morgan fingerprint density at radius 1 is 1.14 bits per heavy atom. The quantitative estimate of drug-likeness (QED) is 0.368. The van der Waals surface area contributed by atoms with Crippen molar-refractivity contribution in [2.24, 2.45) is 5.41 Å². The normalized spacial score (nSPS) is 16.9. The van der Waals surface area contributed by atoms with Gasteiger partial charge in [-0.25, -0.2) is 4.98 Å². The highest BCUT2D eigenvalue weighted by Crippen LogP contribution is 2.56. The minimum Gasteiger partial charge on any atom is -0.495 e. The zero-order valence-electron chi connectivity index (χ0n) is 22.7. The summed E-state index contributed by atoms with van der Waals surface area (Å²) in [6, 6.07) is 2.77. The lowest BCUT2D eigenvalue weighted by molar-refractivity contribution is -0.0880. The highest BCUT2D eigenvalue weighted by Gasteiger charge is 2.52. The number of anilines is 2. The van der Waals surface area contributed by atoms with Gasteiger partial charge in [-0.05, 0) is 56.1 Å². The molecule has 1 aliphatic carbocycles. The smallest absolute Gasteiger partial charge is 0.222 e. The van der Waals surface area contributed by atoms with Crippen LogP contribution in [0.15, 0.2) is 18.5 Å². The van der Waals surface area contributed by atoms with E-state index in [0.717, 1.165) is 17.9 Å². The highest BCUT2D eigenvalue weighted by molar-refractivity contribution is 5.85. The van der Waals surface area contributed by atoms with E-state index >= 15 is 0 Å². The van der Waals surface area contributed by atoms with Gasteiger partial charge in [0.25, 0.3) is 0 Å². The van der Waals surface area contributed by atoms with E-state index in [-0.39, 0.29) is 5.95 Å². The van der Waals surface area contributed by atoms with Gasteiger partial charge < -0.3 is 21.3 Å². The van der Waals surface area contributed by atoms with Crippen molar-refractivity contribution < 1.29 is 9.84 Å². The summed E-state index contributed by atoms with van der Waals surface area (Å²) in [6.07, 6.45) is 10.8. The number of nitrogens with zero attached hydrogens (tertiary/aromatic N) is 6. The van der Waals surface area contributed by atoms with Gasteiger partial charge in [0, 0.05) is 31.9 Å². The molecule has 2 aliphatic rings. The van der Waals surface area contributed by atoms with Crippen LogP contribution in [0.2, 0.25) is 0 Å². The first-order valence-corrected chi connectivity index (χ1v) is 13.4. The molecule has 3 aromatic rings. The monoisotopic (exact) mass is 510 g/mol. The molecular weight excluding hydrogens is 468 g/mol. The molecular formula is C27H42N8O2. The molecule has 5 N–H and O–H groups in total. The first-order chi connectivity index (χ1) is 17.8. The van der Waals surface area contributed by atoms with Crippen LogP contribution in [0, 0.1) is 5.41 Å². The molecule has 10 heteroatoms. The number of pyridine rings is 1. The number of hydrogen-bond acceptors (Lipinski definition) is 9. The standard InChI is InChI=1S/C21H28N8O.C6H14O/c1-12(2)28-10-21(11-28)5-14(6-21)13-4-17(30-3)16(24-7-13)9-29-18-15(8-25-29)26-20(23)27-19(18)22;1-2-3-4-5-6-7/h4,7-8,12,14H,5-6,9-11H2,1-3H3,(H4,22,23,26,27);7H,2-6H2,1H3. The van der Waals surface area contributed by atoms with Crippen molar-refractivity contribution in [3.63, 3.8) is 0 Å². The zero-order chi connectivity index (χ0) is 26.6. The lowest BCUT2D eigenvalue weighted by Gasteiger charge is -2.60. The molecule has 10 nitrogen and oxygen atoms in total. The Morgan fingerprint density at radius 3 is 2.54 bits per heavy atom. The van der Waals surface area contributed by atoms with E-state index in [4.69, 9.17) is 26.3 Å². The first kappa shape index (κ1) is 27.1. The van der Waals surface area contributed by atoms with Crippen molar-refractivity contribution in [1.29, 1.82) is 0 Å². The van der Waals surface area contributed by atoms with E-state index < -0.39 is 0 Å². The minimum absolute atomic E-state index is 0.140. The minimum atomic E-state index is 0.140. The van der Waals surface area contributed by atoms with Crippen LogP contribution in [0.3, 0.4) is 0 Å². The molecule has 0 unspecified atom stereocenters. The molecule has 0 aromatic carbocycles. The number of unbranched alkanes of at least 4 members (excludes halogenated alkanes) is 3. The molecule has 4 heterocycles. The Morgan fingerprint density at radius 2 is 1.89 bits per heavy atom. The summed E-state index contributed by atoms with van der Waals surface area (Å²) < 4.78 is 7.40. The zero-order valence-corrected chi connectivity index (χ0v) is 22.7. The fraction of sp³-hybridized carbons (Fsp3) is 0.630. The van der Waals surface area contributed by atoms with Crippen molar-refractivity contribution in [2.45, 2.75) is 77.8 Å². The fourth-order valence-corrected chi connectivity index (χ4v) is 5.51. The van der Waals surface area contributed by atoms with Crippen LogP contribution in [0.1, 0.15) is 76.5 Å². The third kappa shape index (κ3) is 5.96. The van der Waals surface area contributed by atoms with Crippen molar-refractivity contribution in [3.8, 4) is 5.75 Å². The average molecular weight is 511 g/mol. The van der Waals surface area contributed by atoms with Gasteiger partial charge in [-0.15, -0.1) is 0 Å². The lowest BCUT2D eigenvalue weighted by atomic mass is 9.56. The number of fused-ring (bicyclic) bond motifs is 1. The Balaban J connectivity index is 0.000000405. The van der Waals surface area contributed by atoms with Crippen LogP contribution in [0.25, 0.3) is 11.0 Å². The number of likely N-dealkylation sites (tertiary alicyclic amines) is 1. The molecule has 1 saturated heterocycles. The van der Waals surface area contributed by atoms with E-state index in [2.05, 4.69) is 46.8 Å². The third-order valence-electron chi connectivity index (χ3n) is 7.65. The molecule has 37 heavy (non-hydrogen) atoms. The summed E-state index contributed by atoms with van der Waals surface area (Å²) in [4.78, 5) is 15.5. The maximum atomic E-state index is 8.29. The van der Waals surface area contributed by atoms with Crippen LogP contribution in [0.5, 0.6) is 5.75 Å². The summed E-state index contributed by atoms with van der Waals surface area (Å²) in [7, 11) is 1.68. The van der Waals surface area contributed by atoms with Crippen LogP contribution >= 0.6 is 0 Å². The Hall–Kier alpha value is -2.98. The molecule has 202 valence electrons. The van der Waals surface area contributed by atoms with Gasteiger partial charge in [-0.1, -0.05) is 26.2 Å². The Labute approximate surface area is 219 Å². The SMILES string of the molecule is CCCCCCO.COc1cc(C2CC3(C2)CN(C(C)C)C3)cnc1Cn1ncc2nc(N)nc(N)c21. The number of nitrogen functional groups attached to an aromatic ring is 2. The largest absolute Gasteiger partial charge is 0.495 e. The predicted octanol–water partition coefficient (Wildman–Crippen LogP) is 3.59. The molecule has 0 amide bonds. The summed E-state index contributed by atoms with van der Waals surface area (Å²) in [5.74, 6) is 1.78. The number of aliphatic hydroxyl groups excluding tert-OH is 1. The number of hydrogen-bond donors (Lipinski definition) is 3. The summed E-state index contributed by atoms with van der Waals surface area (Å²) in [6.45, 7) is 9.94. The van der Waals surface area contributed by atoms with E-state index in [1.807, 2.05) is 6.20 Å². The molecule has 1 saturated carbocycles. The fourth-order valence-electron chi connectivity index (χ4n) is 5.51. The molecule has 2 fully saturated rings. The van der Waals surface area contributed by atoms with E-state index in [9.17, 15) is 0 Å². The number of ether oxygens (including phenoxy) is 1. The lowest BCUT2D eigenvalue weighted by Crippen LogP contribution is -2.63. The van der Waals surface area contributed by atoms with Gasteiger partial charge in [0.1, 0.15) is 22.5 Å². The van der Waals surface area contributed by atoms with Crippen molar-refractivity contribution in [2.75, 3.05) is 38.3 Å². The molecule has 5 rings (SSSR count). The second-order valence-electron chi connectivity index (χ2n) is 10.8. The Kier molecular flexibility index (Phi) is 8.49. The van der Waals surface area contributed by atoms with Gasteiger partial charge >= 0.3 is 0 Å². The van der Waals surface area contributed by atoms with Gasteiger partial charge in [0.15, 0.2) is 5.82 Å². The van der Waals surface area contributed by atoms with Gasteiger partial charge in [-0.2, -0.15) is 10.1 Å². The number of methoxy groups -OCH3 is 1. The predicted molar refractivity (Wildman–Crippen MR) is 146 cm³/mol. The van der Waals surface area contributed by atoms with Crippen molar-refractivity contribution in [1.82, 2.24) is 29.6 Å². The van der Waals surface area contributed by atoms with E-state index in [1.54, 1.807) is 18.0 Å². The molecule has 0 atom stereocenters. The van der Waals surface area contributed by atoms with E-state index in [1.165, 1.54) is 50.8 Å². The third-order valence-corrected chi connectivity index (χ3v) is 7.65. The number of aliphatic hydroxyl groups is 1. The van der Waals surface area contributed by atoms with Crippen molar-refractivity contribution >= 4 is 22.8 Å². The van der Waals surface area contributed by atoms with Gasteiger partial charge in [0.2, 0.25) is 5.95 Å². The maximum Gasteiger partial charge on any atom is 0.222 e. The summed E-state index contributed by atoms with van der Waals surface area (Å²) in [5, 5.41) is 12.7. The molecule has 3 aromatic heterocycles. The van der Waals surface area contributed by atoms with Crippen LogP contribution in [-0.4, -0.2) is 67.6 Å². The Bertz CT molecular complexity index is 1180. The summed E-state index contributed by atoms with van der Waals surface area (Å²) >= 11 is 0. The topological polar surface area (TPSA) is 141 Å². The highest BCUT2D eigenvalue weighted by atomic mass is 16.5. The van der Waals surface area contributed by atoms with E-state index in [0.29, 0.717) is 47.4 Å². The second kappa shape index (κ2) is 11.6. The molecule has 0 bridgehead atoms. The number of nitrogens with two attached hydrogens (primary N) is 2. The number of aromatic nitrogens is 5. The molecule has 1 aliphatic heterocycles. The van der Waals surface area contributed by atoms with Gasteiger partial charge in [-0.3, -0.25) is 14.6 Å².